The molecular formula is C17H30N4S. The molecule has 2 rings (SSSR count). The first kappa shape index (κ1) is 17.3. The number of guanidine groups is 1. The molecule has 124 valence electrons. The van der Waals surface area contributed by atoms with Gasteiger partial charge in [-0.25, -0.2) is 0 Å². The van der Waals surface area contributed by atoms with E-state index in [1.54, 1.807) is 0 Å². The minimum atomic E-state index is 0.550. The van der Waals surface area contributed by atoms with E-state index in [9.17, 15) is 0 Å². The minimum absolute atomic E-state index is 0.550. The number of aryl methyl sites for hydroxylation is 1. The molecule has 0 amide bonds. The van der Waals surface area contributed by atoms with Crippen molar-refractivity contribution in [2.24, 2.45) is 4.99 Å². The van der Waals surface area contributed by atoms with Gasteiger partial charge in [-0.2, -0.15) is 0 Å². The van der Waals surface area contributed by atoms with Gasteiger partial charge in [-0.3, -0.25) is 4.99 Å². The Bertz CT molecular complexity index is 461. The number of nitrogens with one attached hydrogen (secondary N) is 2. The standard InChI is InChI=1S/C17H30N4S/c1-4-10-21-11-8-14(9-12-21)20-17(18-3)19-13-16-7-6-15(5-2)22-16/h6-7,14H,4-5,8-13H2,1-3H3,(H2,18,19,20). The molecule has 1 aliphatic rings. The van der Waals surface area contributed by atoms with E-state index in [1.807, 2.05) is 18.4 Å². The van der Waals surface area contributed by atoms with Crippen molar-refractivity contribution in [1.29, 1.82) is 0 Å². The van der Waals surface area contributed by atoms with Crippen LogP contribution < -0.4 is 10.6 Å². The zero-order valence-corrected chi connectivity index (χ0v) is 15.0. The monoisotopic (exact) mass is 322 g/mol. The fourth-order valence-corrected chi connectivity index (χ4v) is 3.78. The number of aliphatic imine (C=N–C) groups is 1. The van der Waals surface area contributed by atoms with E-state index >= 15 is 0 Å². The summed E-state index contributed by atoms with van der Waals surface area (Å²) >= 11 is 1.89. The molecule has 0 bridgehead atoms. The van der Waals surface area contributed by atoms with Crippen LogP contribution in [0.25, 0.3) is 0 Å². The SMILES string of the molecule is CCCN1CCC(NC(=NC)NCc2ccc(CC)s2)CC1. The van der Waals surface area contributed by atoms with Crippen molar-refractivity contribution in [3.05, 3.63) is 21.9 Å². The zero-order chi connectivity index (χ0) is 15.8. The van der Waals surface area contributed by atoms with Crippen LogP contribution in [0.1, 0.15) is 42.9 Å². The van der Waals surface area contributed by atoms with E-state index in [0.717, 1.165) is 18.9 Å². The fraction of sp³-hybridized carbons (Fsp3) is 0.706. The van der Waals surface area contributed by atoms with Gasteiger partial charge in [0, 0.05) is 35.9 Å². The Hall–Kier alpha value is -1.07. The molecule has 4 nitrogen and oxygen atoms in total. The van der Waals surface area contributed by atoms with E-state index < -0.39 is 0 Å². The summed E-state index contributed by atoms with van der Waals surface area (Å²) in [5.41, 5.74) is 0. The fourth-order valence-electron chi connectivity index (χ4n) is 2.88. The Morgan fingerprint density at radius 2 is 2.00 bits per heavy atom. The number of likely N-dealkylation sites (tertiary alicyclic amines) is 1. The van der Waals surface area contributed by atoms with Gasteiger partial charge in [0.1, 0.15) is 0 Å². The second-order valence-corrected chi connectivity index (χ2v) is 7.16. The van der Waals surface area contributed by atoms with Crippen molar-refractivity contribution in [2.45, 2.75) is 52.1 Å². The normalized spacial score (nSPS) is 17.7. The average Bonchev–Trinajstić information content (AvgIpc) is 3.01. The van der Waals surface area contributed by atoms with Crippen LogP contribution in [-0.2, 0) is 13.0 Å². The smallest absolute Gasteiger partial charge is 0.191 e. The predicted molar refractivity (Wildman–Crippen MR) is 96.8 cm³/mol. The van der Waals surface area contributed by atoms with Crippen LogP contribution >= 0.6 is 11.3 Å². The van der Waals surface area contributed by atoms with Gasteiger partial charge in [-0.15, -0.1) is 11.3 Å². The second kappa shape index (κ2) is 9.16. The summed E-state index contributed by atoms with van der Waals surface area (Å²) in [6.07, 6.45) is 4.79. The molecule has 0 saturated carbocycles. The lowest BCUT2D eigenvalue weighted by Gasteiger charge is -2.32. The maximum Gasteiger partial charge on any atom is 0.191 e. The Morgan fingerprint density at radius 1 is 1.27 bits per heavy atom. The number of rotatable bonds is 6. The van der Waals surface area contributed by atoms with Crippen molar-refractivity contribution in [1.82, 2.24) is 15.5 Å². The number of thiophene rings is 1. The number of piperidine rings is 1. The minimum Gasteiger partial charge on any atom is -0.354 e. The van der Waals surface area contributed by atoms with E-state index in [4.69, 9.17) is 0 Å². The lowest BCUT2D eigenvalue weighted by Crippen LogP contribution is -2.48. The quantitative estimate of drug-likeness (QED) is 0.625. The lowest BCUT2D eigenvalue weighted by molar-refractivity contribution is 0.206. The van der Waals surface area contributed by atoms with Crippen molar-refractivity contribution < 1.29 is 0 Å². The number of nitrogens with zero attached hydrogens (tertiary/aromatic N) is 2. The average molecular weight is 323 g/mol. The molecule has 1 saturated heterocycles. The molecule has 0 aliphatic carbocycles. The largest absolute Gasteiger partial charge is 0.354 e. The zero-order valence-electron chi connectivity index (χ0n) is 14.2. The Labute approximate surface area is 139 Å². The van der Waals surface area contributed by atoms with Crippen molar-refractivity contribution >= 4 is 17.3 Å². The van der Waals surface area contributed by atoms with Crippen molar-refractivity contribution in [2.75, 3.05) is 26.7 Å². The molecule has 0 atom stereocenters. The van der Waals surface area contributed by atoms with Crippen molar-refractivity contribution in [3.63, 3.8) is 0 Å². The molecule has 2 heterocycles. The van der Waals surface area contributed by atoms with Gasteiger partial charge >= 0.3 is 0 Å². The first-order valence-corrected chi connectivity index (χ1v) is 9.33. The van der Waals surface area contributed by atoms with E-state index in [-0.39, 0.29) is 0 Å². The molecular weight excluding hydrogens is 292 g/mol. The maximum atomic E-state index is 4.36. The van der Waals surface area contributed by atoms with Crippen LogP contribution in [0, 0.1) is 0 Å². The Morgan fingerprint density at radius 3 is 2.59 bits per heavy atom. The molecule has 0 spiro atoms. The Kier molecular flexibility index (Phi) is 7.19. The third-order valence-corrected chi connectivity index (χ3v) is 5.42. The molecule has 5 heteroatoms. The maximum absolute atomic E-state index is 4.36. The highest BCUT2D eigenvalue weighted by molar-refractivity contribution is 7.11. The van der Waals surface area contributed by atoms with Gasteiger partial charge in [-0.1, -0.05) is 13.8 Å². The summed E-state index contributed by atoms with van der Waals surface area (Å²) in [5.74, 6) is 0.931. The second-order valence-electron chi connectivity index (χ2n) is 5.91. The summed E-state index contributed by atoms with van der Waals surface area (Å²) in [5, 5.41) is 7.02. The van der Waals surface area contributed by atoms with Crippen LogP contribution in [0.5, 0.6) is 0 Å². The van der Waals surface area contributed by atoms with Gasteiger partial charge in [0.25, 0.3) is 0 Å². The lowest BCUT2D eigenvalue weighted by atomic mass is 10.1. The highest BCUT2D eigenvalue weighted by atomic mass is 32.1. The van der Waals surface area contributed by atoms with E-state index in [2.05, 4.69) is 46.5 Å². The third kappa shape index (κ3) is 5.29. The van der Waals surface area contributed by atoms with Gasteiger partial charge in [-0.05, 0) is 44.4 Å². The first-order valence-electron chi connectivity index (χ1n) is 8.52. The molecule has 1 fully saturated rings. The van der Waals surface area contributed by atoms with Crippen LogP contribution in [0.3, 0.4) is 0 Å². The Balaban J connectivity index is 1.73. The van der Waals surface area contributed by atoms with Crippen LogP contribution in [0.4, 0.5) is 0 Å². The molecule has 1 aromatic rings. The first-order chi connectivity index (χ1) is 10.7. The molecule has 1 aromatic heterocycles. The summed E-state index contributed by atoms with van der Waals surface area (Å²) in [4.78, 5) is 9.75. The summed E-state index contributed by atoms with van der Waals surface area (Å²) in [7, 11) is 1.85. The van der Waals surface area contributed by atoms with Gasteiger partial charge in [0.15, 0.2) is 5.96 Å². The van der Waals surface area contributed by atoms with Gasteiger partial charge in [0.05, 0.1) is 6.54 Å². The molecule has 0 aromatic carbocycles. The van der Waals surface area contributed by atoms with Crippen LogP contribution in [-0.4, -0.2) is 43.6 Å². The van der Waals surface area contributed by atoms with E-state index in [1.165, 1.54) is 48.7 Å². The third-order valence-electron chi connectivity index (χ3n) is 4.19. The molecule has 0 unspecified atom stereocenters. The highest BCUT2D eigenvalue weighted by Gasteiger charge is 2.19. The number of hydrogen-bond acceptors (Lipinski definition) is 3. The molecule has 22 heavy (non-hydrogen) atoms. The van der Waals surface area contributed by atoms with Gasteiger partial charge in [0.2, 0.25) is 0 Å². The topological polar surface area (TPSA) is 39.7 Å². The molecule has 2 N–H and O–H groups in total. The molecule has 1 aliphatic heterocycles. The summed E-state index contributed by atoms with van der Waals surface area (Å²) in [6, 6.07) is 4.99. The summed E-state index contributed by atoms with van der Waals surface area (Å²) < 4.78 is 0. The van der Waals surface area contributed by atoms with Crippen LogP contribution in [0.2, 0.25) is 0 Å². The van der Waals surface area contributed by atoms with Crippen molar-refractivity contribution in [3.8, 4) is 0 Å². The molecule has 0 radical (unpaired) electrons. The highest BCUT2D eigenvalue weighted by Crippen LogP contribution is 2.16. The number of hydrogen-bond donors (Lipinski definition) is 2. The van der Waals surface area contributed by atoms with Crippen LogP contribution in [0.15, 0.2) is 17.1 Å². The predicted octanol–water partition coefficient (Wildman–Crippen LogP) is 2.85. The summed E-state index contributed by atoms with van der Waals surface area (Å²) in [6.45, 7) is 8.95. The van der Waals surface area contributed by atoms with Gasteiger partial charge < -0.3 is 15.5 Å². The van der Waals surface area contributed by atoms with E-state index in [0.29, 0.717) is 6.04 Å².